The number of allylic oxidation sites excluding steroid dienone is 2. The Hall–Kier alpha value is -2.82. The molecule has 0 amide bonds. The summed E-state index contributed by atoms with van der Waals surface area (Å²) in [5.74, 6) is -0.664. The Labute approximate surface area is 152 Å². The molecule has 2 atom stereocenters. The smallest absolute Gasteiger partial charge is 0.337 e. The zero-order chi connectivity index (χ0) is 18.3. The van der Waals surface area contributed by atoms with Gasteiger partial charge in [0, 0.05) is 35.2 Å². The molecule has 1 aromatic heterocycles. The first kappa shape index (κ1) is 16.6. The number of ether oxygens (including phenoxy) is 1. The van der Waals surface area contributed by atoms with Crippen LogP contribution in [-0.4, -0.2) is 40.5 Å². The van der Waals surface area contributed by atoms with Crippen LogP contribution < -0.4 is 0 Å². The van der Waals surface area contributed by atoms with Gasteiger partial charge in [0.2, 0.25) is 0 Å². The third-order valence-electron chi connectivity index (χ3n) is 5.65. The SMILES string of the molecule is CC=C1C=[N+]2CCc3c([nH]c4ccccc34)C2CC1C(=CO)C(=O)OC. The van der Waals surface area contributed by atoms with Crippen molar-refractivity contribution in [3.8, 4) is 0 Å². The minimum atomic E-state index is -0.480. The number of aliphatic hydroxyl groups excluding tert-OH is 1. The van der Waals surface area contributed by atoms with Gasteiger partial charge in [0.25, 0.3) is 0 Å². The van der Waals surface area contributed by atoms with E-state index >= 15 is 0 Å². The second-order valence-corrected chi connectivity index (χ2v) is 6.85. The fourth-order valence-corrected chi connectivity index (χ4v) is 4.37. The average molecular weight is 351 g/mol. The van der Waals surface area contributed by atoms with E-state index in [0.29, 0.717) is 5.57 Å². The Morgan fingerprint density at radius 3 is 2.92 bits per heavy atom. The number of aromatic amines is 1. The lowest BCUT2D eigenvalue weighted by Gasteiger charge is -2.30. The lowest BCUT2D eigenvalue weighted by molar-refractivity contribution is -0.577. The van der Waals surface area contributed by atoms with Gasteiger partial charge in [0.1, 0.15) is 6.54 Å². The number of para-hydroxylation sites is 1. The number of aromatic nitrogens is 1. The van der Waals surface area contributed by atoms with Gasteiger partial charge in [-0.15, -0.1) is 0 Å². The minimum absolute atomic E-state index is 0.152. The predicted octanol–water partition coefficient (Wildman–Crippen LogP) is 3.43. The maximum absolute atomic E-state index is 12.1. The van der Waals surface area contributed by atoms with Crippen LogP contribution in [0.3, 0.4) is 0 Å². The molecule has 0 saturated carbocycles. The first-order chi connectivity index (χ1) is 12.7. The summed E-state index contributed by atoms with van der Waals surface area (Å²) in [7, 11) is 1.34. The largest absolute Gasteiger partial charge is 0.515 e. The van der Waals surface area contributed by atoms with Crippen LogP contribution in [0.5, 0.6) is 0 Å². The molecule has 2 N–H and O–H groups in total. The fraction of sp³-hybridized carbons (Fsp3) is 0.333. The van der Waals surface area contributed by atoms with Crippen LogP contribution in [0.25, 0.3) is 10.9 Å². The number of nitrogens with zero attached hydrogens (tertiary/aromatic N) is 1. The average Bonchev–Trinajstić information content (AvgIpc) is 3.07. The molecule has 4 rings (SSSR count). The van der Waals surface area contributed by atoms with E-state index in [2.05, 4.69) is 34.0 Å². The molecule has 0 spiro atoms. The number of fused-ring (bicyclic) bond motifs is 5. The van der Waals surface area contributed by atoms with Crippen LogP contribution in [-0.2, 0) is 16.0 Å². The van der Waals surface area contributed by atoms with Gasteiger partial charge < -0.3 is 14.8 Å². The van der Waals surface area contributed by atoms with Gasteiger partial charge in [-0.05, 0) is 18.6 Å². The zero-order valence-corrected chi connectivity index (χ0v) is 15.0. The summed E-state index contributed by atoms with van der Waals surface area (Å²) >= 11 is 0. The van der Waals surface area contributed by atoms with Gasteiger partial charge in [0.05, 0.1) is 24.6 Å². The Morgan fingerprint density at radius 1 is 1.38 bits per heavy atom. The summed E-state index contributed by atoms with van der Waals surface area (Å²) in [4.78, 5) is 15.7. The number of esters is 1. The number of carbonyl (C=O) groups is 1. The summed E-state index contributed by atoms with van der Waals surface area (Å²) in [5, 5.41) is 11.0. The van der Waals surface area contributed by atoms with Crippen molar-refractivity contribution in [2.45, 2.75) is 25.8 Å². The van der Waals surface area contributed by atoms with Crippen LogP contribution in [0, 0.1) is 5.92 Å². The first-order valence-corrected chi connectivity index (χ1v) is 8.96. The van der Waals surface area contributed by atoms with Crippen molar-refractivity contribution in [2.75, 3.05) is 13.7 Å². The predicted molar refractivity (Wildman–Crippen MR) is 101 cm³/mol. The molecular formula is C21H23N2O3+. The monoisotopic (exact) mass is 351 g/mol. The lowest BCUT2D eigenvalue weighted by Crippen LogP contribution is -2.36. The standard InChI is InChI=1S/C21H22N2O3/c1-3-13-11-23-9-8-15-14-6-4-5-7-18(14)22-20(15)19(23)10-16(13)17(12-24)21(25)26-2/h3-7,11-12,16,19,22H,8-10H2,1-2H3/p+1. The zero-order valence-electron chi connectivity index (χ0n) is 15.0. The van der Waals surface area contributed by atoms with Crippen LogP contribution >= 0.6 is 0 Å². The van der Waals surface area contributed by atoms with Gasteiger partial charge >= 0.3 is 5.97 Å². The highest BCUT2D eigenvalue weighted by atomic mass is 16.5. The number of nitrogens with one attached hydrogen (secondary N) is 1. The van der Waals surface area contributed by atoms with Gasteiger partial charge in [0.15, 0.2) is 12.3 Å². The number of aliphatic hydroxyl groups is 1. The number of benzene rings is 1. The molecule has 5 heteroatoms. The summed E-state index contributed by atoms with van der Waals surface area (Å²) in [5.41, 5.74) is 5.08. The number of carbonyl (C=O) groups excluding carboxylic acids is 1. The van der Waals surface area contributed by atoms with Crippen molar-refractivity contribution in [1.29, 1.82) is 0 Å². The van der Waals surface area contributed by atoms with Crippen LogP contribution in [0.4, 0.5) is 0 Å². The van der Waals surface area contributed by atoms with E-state index in [-0.39, 0.29) is 12.0 Å². The number of hydrogen-bond donors (Lipinski definition) is 2. The molecule has 5 nitrogen and oxygen atoms in total. The normalized spacial score (nSPS) is 24.2. The summed E-state index contributed by atoms with van der Waals surface area (Å²) in [6.07, 6.45) is 6.75. The third-order valence-corrected chi connectivity index (χ3v) is 5.65. The molecule has 2 aliphatic heterocycles. The van der Waals surface area contributed by atoms with Gasteiger partial charge in [-0.3, -0.25) is 0 Å². The molecule has 1 aromatic carbocycles. The molecule has 2 aromatic rings. The molecule has 134 valence electrons. The molecule has 2 unspecified atom stereocenters. The maximum atomic E-state index is 12.1. The Bertz CT molecular complexity index is 965. The molecule has 0 fully saturated rings. The molecular weight excluding hydrogens is 328 g/mol. The Morgan fingerprint density at radius 2 is 2.19 bits per heavy atom. The van der Waals surface area contributed by atoms with Crippen LogP contribution in [0.2, 0.25) is 0 Å². The molecule has 26 heavy (non-hydrogen) atoms. The maximum Gasteiger partial charge on any atom is 0.337 e. The van der Waals surface area contributed by atoms with Crippen LogP contribution in [0.1, 0.15) is 30.6 Å². The third kappa shape index (κ3) is 2.46. The van der Waals surface area contributed by atoms with Crippen molar-refractivity contribution in [2.24, 2.45) is 5.92 Å². The van der Waals surface area contributed by atoms with E-state index in [4.69, 9.17) is 4.74 Å². The topological polar surface area (TPSA) is 65.3 Å². The van der Waals surface area contributed by atoms with E-state index in [9.17, 15) is 9.90 Å². The highest BCUT2D eigenvalue weighted by Gasteiger charge is 2.42. The Kier molecular flexibility index (Phi) is 4.15. The molecule has 0 aliphatic carbocycles. The highest BCUT2D eigenvalue weighted by molar-refractivity contribution is 5.92. The number of hydrogen-bond acceptors (Lipinski definition) is 3. The van der Waals surface area contributed by atoms with E-state index in [1.165, 1.54) is 23.8 Å². The summed E-state index contributed by atoms with van der Waals surface area (Å²) in [6.45, 7) is 2.91. The second kappa shape index (κ2) is 6.48. The number of methoxy groups -OCH3 is 1. The number of rotatable bonds is 2. The van der Waals surface area contributed by atoms with Gasteiger partial charge in [-0.1, -0.05) is 24.3 Å². The van der Waals surface area contributed by atoms with E-state index < -0.39 is 5.97 Å². The fourth-order valence-electron chi connectivity index (χ4n) is 4.37. The lowest BCUT2D eigenvalue weighted by atomic mass is 9.80. The first-order valence-electron chi connectivity index (χ1n) is 8.96. The van der Waals surface area contributed by atoms with E-state index in [1.807, 2.05) is 19.1 Å². The van der Waals surface area contributed by atoms with Gasteiger partial charge in [-0.25, -0.2) is 9.37 Å². The van der Waals surface area contributed by atoms with Crippen molar-refractivity contribution < 1.29 is 19.2 Å². The highest BCUT2D eigenvalue weighted by Crippen LogP contribution is 2.41. The molecule has 0 saturated heterocycles. The second-order valence-electron chi connectivity index (χ2n) is 6.85. The Balaban J connectivity index is 1.81. The van der Waals surface area contributed by atoms with E-state index in [0.717, 1.165) is 36.7 Å². The molecule has 2 aliphatic rings. The van der Waals surface area contributed by atoms with Gasteiger partial charge in [-0.2, -0.15) is 0 Å². The summed E-state index contributed by atoms with van der Waals surface area (Å²) < 4.78 is 7.22. The van der Waals surface area contributed by atoms with Crippen molar-refractivity contribution >= 4 is 23.1 Å². The minimum Gasteiger partial charge on any atom is -0.515 e. The van der Waals surface area contributed by atoms with Crippen molar-refractivity contribution in [3.05, 3.63) is 59.0 Å². The van der Waals surface area contributed by atoms with Crippen molar-refractivity contribution in [1.82, 2.24) is 4.98 Å². The quantitative estimate of drug-likeness (QED) is 0.377. The summed E-state index contributed by atoms with van der Waals surface area (Å²) in [6, 6.07) is 8.53. The molecule has 0 radical (unpaired) electrons. The molecule has 3 heterocycles. The molecule has 0 bridgehead atoms. The van der Waals surface area contributed by atoms with Crippen LogP contribution in [0.15, 0.2) is 47.7 Å². The van der Waals surface area contributed by atoms with E-state index in [1.54, 1.807) is 0 Å². The number of H-pyrrole nitrogens is 1. The van der Waals surface area contributed by atoms with Crippen molar-refractivity contribution in [3.63, 3.8) is 0 Å².